The van der Waals surface area contributed by atoms with Crippen molar-refractivity contribution in [3.8, 4) is 0 Å². The van der Waals surface area contributed by atoms with E-state index in [1.54, 1.807) is 0 Å². The van der Waals surface area contributed by atoms with Gasteiger partial charge < -0.3 is 0 Å². The van der Waals surface area contributed by atoms with Crippen LogP contribution in [0.4, 0.5) is 0 Å². The van der Waals surface area contributed by atoms with Crippen LogP contribution in [0.5, 0.6) is 0 Å². The summed E-state index contributed by atoms with van der Waals surface area (Å²) < 4.78 is 0. The average molecular weight is 276 g/mol. The smallest absolute Gasteiger partial charge is 0 e. The number of hydrogen-bond donors (Lipinski definition) is 0. The maximum Gasteiger partial charge on any atom is 0 e. The molecule has 0 atom stereocenters. The second-order valence-electron chi connectivity index (χ2n) is 3.06. The molecule has 0 aromatic carbocycles. The molecule has 0 aliphatic heterocycles. The molecule has 0 amide bonds. The minimum absolute atomic E-state index is 0. The summed E-state index contributed by atoms with van der Waals surface area (Å²) in [7, 11) is 0. The van der Waals surface area contributed by atoms with Crippen LogP contribution >= 0.6 is 0 Å². The summed E-state index contributed by atoms with van der Waals surface area (Å²) >= 11 is 0. The Bertz CT molecular complexity index is 65.8. The summed E-state index contributed by atoms with van der Waals surface area (Å²) in [5, 5.41) is 0. The number of hydrogen-bond acceptors (Lipinski definition) is 0. The van der Waals surface area contributed by atoms with E-state index in [0.717, 1.165) is 0 Å². The molecule has 1 heteroatoms. The molecule has 0 spiro atoms. The van der Waals surface area contributed by atoms with Gasteiger partial charge in [-0.05, 0) is 83.5 Å². The van der Waals surface area contributed by atoms with Gasteiger partial charge >= 0.3 is 0 Å². The fourth-order valence-corrected chi connectivity index (χ4v) is 1.18. The third-order valence-electron chi connectivity index (χ3n) is 1.89. The van der Waals surface area contributed by atoms with Gasteiger partial charge in [0.25, 0.3) is 0 Å². The van der Waals surface area contributed by atoms with E-state index in [0.29, 0.717) is 0 Å². The van der Waals surface area contributed by atoms with Crippen LogP contribution in [0.25, 0.3) is 0 Å². The van der Waals surface area contributed by atoms with Crippen molar-refractivity contribution in [3.05, 3.63) is 57.8 Å². The van der Waals surface area contributed by atoms with Gasteiger partial charge in [-0.15, -0.1) is 0 Å². The first-order valence-electron chi connectivity index (χ1n) is 4.97. The molecule has 0 saturated heterocycles. The zero-order valence-corrected chi connectivity index (χ0v) is 10.00. The zero-order chi connectivity index (χ0) is 9.19. The van der Waals surface area contributed by atoms with Crippen molar-refractivity contribution in [1.82, 2.24) is 0 Å². The van der Waals surface area contributed by atoms with Gasteiger partial charge in [-0.2, -0.15) is 0 Å². The first-order chi connectivity index (χ1) is 6.50. The summed E-state index contributed by atoms with van der Waals surface area (Å²) in [5.74, 6) is 0. The predicted molar refractivity (Wildman–Crippen MR) is 57.2 cm³/mol. The zero-order valence-electron chi connectivity index (χ0n) is 8.36. The molecule has 2 aliphatic rings. The van der Waals surface area contributed by atoms with E-state index in [1.807, 2.05) is 32.1 Å². The van der Waals surface area contributed by atoms with Crippen molar-refractivity contribution >= 4 is 0 Å². The minimum atomic E-state index is 0. The van der Waals surface area contributed by atoms with Gasteiger partial charge in [0, 0.05) is 19.5 Å². The Labute approximate surface area is 103 Å². The average Bonchev–Trinajstić information content (AvgIpc) is 2.58. The molecule has 14 heavy (non-hydrogen) atoms. The SMILES string of the molecule is [CH]1[CH]CC[CH][CH]CC1.[CH]1[CH][CH][CH][CH]1.[Rh]. The molecule has 0 unspecified atom stereocenters. The van der Waals surface area contributed by atoms with E-state index in [9.17, 15) is 0 Å². The third-order valence-corrected chi connectivity index (χ3v) is 1.89. The fraction of sp³-hybridized carbons (Fsp3) is 0.308. The standard InChI is InChI=1S/C8H12.C5H5.Rh/c1-2-4-6-8-7-5-3-1;1-2-4-5-3-1;/h1-2,7-8H,3-6H2;1-5H;. The van der Waals surface area contributed by atoms with Gasteiger partial charge in [0.15, 0.2) is 0 Å². The molecule has 0 N–H and O–H groups in total. The summed E-state index contributed by atoms with van der Waals surface area (Å²) in [6.07, 6.45) is 24.0. The van der Waals surface area contributed by atoms with Crippen molar-refractivity contribution in [3.63, 3.8) is 0 Å². The molecule has 2 aliphatic carbocycles. The van der Waals surface area contributed by atoms with E-state index < -0.39 is 0 Å². The van der Waals surface area contributed by atoms with Gasteiger partial charge in [-0.1, -0.05) is 0 Å². The van der Waals surface area contributed by atoms with E-state index in [-0.39, 0.29) is 19.5 Å². The topological polar surface area (TPSA) is 0 Å². The normalized spacial score (nSPS) is 22.3. The summed E-state index contributed by atoms with van der Waals surface area (Å²) in [5.41, 5.74) is 0. The van der Waals surface area contributed by atoms with E-state index in [2.05, 4.69) is 25.7 Å². The largest absolute Gasteiger partial charge is 0.0496 e. The molecular weight excluding hydrogens is 259 g/mol. The molecular formula is C13H17Rh. The van der Waals surface area contributed by atoms with E-state index in [1.165, 1.54) is 25.7 Å². The molecule has 2 saturated carbocycles. The Morgan fingerprint density at radius 2 is 0.643 bits per heavy atom. The fourth-order valence-electron chi connectivity index (χ4n) is 1.18. The molecule has 78 valence electrons. The minimum Gasteiger partial charge on any atom is -0.0496 e. The molecule has 0 aromatic rings. The van der Waals surface area contributed by atoms with Crippen molar-refractivity contribution in [1.29, 1.82) is 0 Å². The van der Waals surface area contributed by atoms with Crippen LogP contribution < -0.4 is 0 Å². The molecule has 2 rings (SSSR count). The Balaban J connectivity index is 0.000000246. The van der Waals surface area contributed by atoms with Crippen molar-refractivity contribution in [2.45, 2.75) is 25.7 Å². The predicted octanol–water partition coefficient (Wildman–Crippen LogP) is 3.40. The third kappa shape index (κ3) is 9.19. The van der Waals surface area contributed by atoms with Gasteiger partial charge in [0.1, 0.15) is 0 Å². The van der Waals surface area contributed by atoms with Crippen molar-refractivity contribution in [2.75, 3.05) is 0 Å². The first kappa shape index (κ1) is 14.6. The van der Waals surface area contributed by atoms with Gasteiger partial charge in [-0.3, -0.25) is 0 Å². The van der Waals surface area contributed by atoms with E-state index >= 15 is 0 Å². The van der Waals surface area contributed by atoms with E-state index in [4.69, 9.17) is 0 Å². The Kier molecular flexibility index (Phi) is 12.2. The van der Waals surface area contributed by atoms with Crippen LogP contribution in [0.3, 0.4) is 0 Å². The molecule has 10 radical (unpaired) electrons. The molecule has 2 fully saturated rings. The monoisotopic (exact) mass is 276 g/mol. The second-order valence-corrected chi connectivity index (χ2v) is 3.06. The Hall–Kier alpha value is 0.623. The van der Waals surface area contributed by atoms with Gasteiger partial charge in [0.2, 0.25) is 0 Å². The quantitative estimate of drug-likeness (QED) is 0.595. The van der Waals surface area contributed by atoms with Crippen LogP contribution in [-0.4, -0.2) is 0 Å². The Morgan fingerprint density at radius 3 is 0.857 bits per heavy atom. The second kappa shape index (κ2) is 11.7. The Morgan fingerprint density at radius 1 is 0.429 bits per heavy atom. The van der Waals surface area contributed by atoms with Crippen LogP contribution in [-0.2, 0) is 19.5 Å². The summed E-state index contributed by atoms with van der Waals surface area (Å²) in [6.45, 7) is 0. The summed E-state index contributed by atoms with van der Waals surface area (Å²) in [4.78, 5) is 0. The molecule has 0 nitrogen and oxygen atoms in total. The van der Waals surface area contributed by atoms with Crippen LogP contribution in [0.15, 0.2) is 0 Å². The van der Waals surface area contributed by atoms with Crippen LogP contribution in [0, 0.1) is 57.8 Å². The summed E-state index contributed by atoms with van der Waals surface area (Å²) in [6, 6.07) is 0. The first-order valence-corrected chi connectivity index (χ1v) is 4.97. The number of rotatable bonds is 0. The van der Waals surface area contributed by atoms with Crippen molar-refractivity contribution in [2.24, 2.45) is 0 Å². The molecule has 0 bridgehead atoms. The maximum absolute atomic E-state index is 2.27. The van der Waals surface area contributed by atoms with Crippen LogP contribution in [0.2, 0.25) is 0 Å². The maximum atomic E-state index is 2.27. The van der Waals surface area contributed by atoms with Gasteiger partial charge in [-0.25, -0.2) is 0 Å². The van der Waals surface area contributed by atoms with Crippen molar-refractivity contribution < 1.29 is 19.5 Å². The van der Waals surface area contributed by atoms with Crippen LogP contribution in [0.1, 0.15) is 25.7 Å². The molecule has 0 aromatic heterocycles. The van der Waals surface area contributed by atoms with Gasteiger partial charge in [0.05, 0.1) is 0 Å². The molecule has 0 heterocycles.